The van der Waals surface area contributed by atoms with E-state index in [1.165, 1.54) is 0 Å². The van der Waals surface area contributed by atoms with Gasteiger partial charge < -0.3 is 29.0 Å². The van der Waals surface area contributed by atoms with Crippen molar-refractivity contribution in [2.45, 2.75) is 39.8 Å². The van der Waals surface area contributed by atoms with Crippen molar-refractivity contribution < 1.29 is 28.5 Å². The van der Waals surface area contributed by atoms with Crippen LogP contribution in [0.15, 0.2) is 0 Å². The average molecular weight is 448 g/mol. The van der Waals surface area contributed by atoms with E-state index in [9.17, 15) is 4.79 Å². The van der Waals surface area contributed by atoms with Crippen LogP contribution in [0.5, 0.6) is 0 Å². The second-order valence-electron chi connectivity index (χ2n) is 8.13. The highest BCUT2D eigenvalue weighted by atomic mass is 16.6. The summed E-state index contributed by atoms with van der Waals surface area (Å²) >= 11 is 0. The van der Waals surface area contributed by atoms with E-state index in [2.05, 4.69) is 29.0 Å². The molecule has 0 saturated carbocycles. The van der Waals surface area contributed by atoms with Gasteiger partial charge in [-0.05, 0) is 27.7 Å². The molecule has 1 aliphatic rings. The van der Waals surface area contributed by atoms with Gasteiger partial charge in [0.15, 0.2) is 0 Å². The van der Waals surface area contributed by atoms with Gasteiger partial charge in [-0.2, -0.15) is 0 Å². The number of amides is 1. The zero-order valence-electron chi connectivity index (χ0n) is 20.1. The Bertz CT molecular complexity index is 431. The van der Waals surface area contributed by atoms with E-state index in [1.807, 2.05) is 13.8 Å². The molecule has 0 aromatic heterocycles. The molecule has 31 heavy (non-hydrogen) atoms. The molecule has 0 aliphatic carbocycles. The number of carbonyl (C=O) groups excluding carboxylic acids is 1. The van der Waals surface area contributed by atoms with E-state index in [-0.39, 0.29) is 18.6 Å². The molecular weight excluding hydrogens is 402 g/mol. The Balaban J connectivity index is 1.74. The van der Waals surface area contributed by atoms with Crippen LogP contribution in [0, 0.1) is 0 Å². The van der Waals surface area contributed by atoms with Crippen LogP contribution < -0.4 is 5.32 Å². The number of piperazine rings is 1. The van der Waals surface area contributed by atoms with E-state index in [4.69, 9.17) is 23.7 Å². The molecule has 184 valence electrons. The van der Waals surface area contributed by atoms with Crippen molar-refractivity contribution in [3.05, 3.63) is 0 Å². The Morgan fingerprint density at radius 1 is 0.774 bits per heavy atom. The maximum absolute atomic E-state index is 11.4. The molecule has 0 bridgehead atoms. The Labute approximate surface area is 188 Å². The molecule has 0 spiro atoms. The lowest BCUT2D eigenvalue weighted by atomic mass is 10.2. The van der Waals surface area contributed by atoms with E-state index in [0.29, 0.717) is 58.8 Å². The van der Waals surface area contributed by atoms with Gasteiger partial charge in [-0.1, -0.05) is 0 Å². The van der Waals surface area contributed by atoms with Crippen molar-refractivity contribution in [2.75, 3.05) is 98.7 Å². The summed E-state index contributed by atoms with van der Waals surface area (Å²) < 4.78 is 27.2. The molecule has 1 aliphatic heterocycles. The lowest BCUT2D eigenvalue weighted by molar-refractivity contribution is -0.127. The summed E-state index contributed by atoms with van der Waals surface area (Å²) in [5, 5.41) is 2.74. The molecule has 1 N–H and O–H groups in total. The van der Waals surface area contributed by atoms with E-state index in [0.717, 1.165) is 39.3 Å². The van der Waals surface area contributed by atoms with E-state index >= 15 is 0 Å². The molecule has 9 nitrogen and oxygen atoms in total. The molecule has 1 rings (SSSR count). The first-order valence-corrected chi connectivity index (χ1v) is 11.6. The van der Waals surface area contributed by atoms with Gasteiger partial charge in [-0.25, -0.2) is 0 Å². The molecule has 9 heteroatoms. The molecule has 0 aromatic rings. The summed E-state index contributed by atoms with van der Waals surface area (Å²) in [5.74, 6) is -0.126. The van der Waals surface area contributed by atoms with Gasteiger partial charge >= 0.3 is 0 Å². The first-order chi connectivity index (χ1) is 15.0. The number of hydrogen-bond donors (Lipinski definition) is 1. The third-order valence-electron chi connectivity index (χ3n) is 4.92. The van der Waals surface area contributed by atoms with Crippen LogP contribution in [0.2, 0.25) is 0 Å². The SMILES string of the molecule is CC(C)OCC(=O)NCCOCCOCCOCCOCCN1CCN(C(C)C)CC1. The Morgan fingerprint density at radius 3 is 1.81 bits per heavy atom. The lowest BCUT2D eigenvalue weighted by Crippen LogP contribution is -2.49. The van der Waals surface area contributed by atoms with Crippen LogP contribution >= 0.6 is 0 Å². The van der Waals surface area contributed by atoms with E-state index < -0.39 is 0 Å². The maximum Gasteiger partial charge on any atom is 0.246 e. The zero-order chi connectivity index (χ0) is 22.7. The fraction of sp³-hybridized carbons (Fsp3) is 0.955. The van der Waals surface area contributed by atoms with Crippen LogP contribution in [-0.4, -0.2) is 127 Å². The van der Waals surface area contributed by atoms with Crippen LogP contribution in [0.1, 0.15) is 27.7 Å². The van der Waals surface area contributed by atoms with Gasteiger partial charge in [-0.15, -0.1) is 0 Å². The standard InChI is InChI=1S/C22H45N3O6/c1-20(2)25-8-6-24(7-9-25)10-12-28-14-16-30-18-17-29-15-13-27-11-5-23-22(26)19-31-21(3)4/h20-21H,5-19H2,1-4H3,(H,23,26). The van der Waals surface area contributed by atoms with Crippen LogP contribution in [0.4, 0.5) is 0 Å². The number of rotatable bonds is 19. The highest BCUT2D eigenvalue weighted by Crippen LogP contribution is 2.05. The molecule has 1 amide bonds. The van der Waals surface area contributed by atoms with Gasteiger partial charge in [-0.3, -0.25) is 14.6 Å². The van der Waals surface area contributed by atoms with Gasteiger partial charge in [0.1, 0.15) is 6.61 Å². The largest absolute Gasteiger partial charge is 0.378 e. The van der Waals surface area contributed by atoms with Gasteiger partial charge in [0.2, 0.25) is 5.91 Å². The molecule has 1 saturated heterocycles. The summed E-state index contributed by atoms with van der Waals surface area (Å²) in [6.07, 6.45) is 0.0526. The predicted molar refractivity (Wildman–Crippen MR) is 121 cm³/mol. The van der Waals surface area contributed by atoms with Crippen molar-refractivity contribution in [2.24, 2.45) is 0 Å². The summed E-state index contributed by atoms with van der Waals surface area (Å²) in [5.41, 5.74) is 0. The predicted octanol–water partition coefficient (Wildman–Crippen LogP) is 0.620. The maximum atomic E-state index is 11.4. The van der Waals surface area contributed by atoms with Crippen LogP contribution in [0.25, 0.3) is 0 Å². The third kappa shape index (κ3) is 16.5. The average Bonchev–Trinajstić information content (AvgIpc) is 2.75. The second kappa shape index (κ2) is 18.7. The Hall–Kier alpha value is -0.810. The quantitative estimate of drug-likeness (QED) is 0.289. The molecule has 0 radical (unpaired) electrons. The minimum absolute atomic E-state index is 0.0526. The minimum atomic E-state index is -0.126. The molecule has 0 aromatic carbocycles. The van der Waals surface area contributed by atoms with Crippen molar-refractivity contribution in [1.82, 2.24) is 15.1 Å². The smallest absolute Gasteiger partial charge is 0.246 e. The van der Waals surface area contributed by atoms with Crippen molar-refractivity contribution in [3.63, 3.8) is 0 Å². The number of nitrogens with one attached hydrogen (secondary N) is 1. The fourth-order valence-corrected chi connectivity index (χ4v) is 3.01. The summed E-state index contributed by atoms with van der Waals surface area (Å²) in [6, 6.07) is 0.640. The second-order valence-corrected chi connectivity index (χ2v) is 8.13. The highest BCUT2D eigenvalue weighted by Gasteiger charge is 2.18. The van der Waals surface area contributed by atoms with Gasteiger partial charge in [0, 0.05) is 45.3 Å². The Kier molecular flexibility index (Phi) is 17.1. The van der Waals surface area contributed by atoms with Crippen molar-refractivity contribution >= 4 is 5.91 Å². The van der Waals surface area contributed by atoms with Gasteiger partial charge in [0.25, 0.3) is 0 Å². The van der Waals surface area contributed by atoms with E-state index in [1.54, 1.807) is 0 Å². The van der Waals surface area contributed by atoms with Crippen molar-refractivity contribution in [3.8, 4) is 0 Å². The monoisotopic (exact) mass is 447 g/mol. The first kappa shape index (κ1) is 28.2. The number of hydrogen-bond acceptors (Lipinski definition) is 8. The summed E-state index contributed by atoms with van der Waals surface area (Å²) in [6.45, 7) is 18.9. The molecule has 0 unspecified atom stereocenters. The fourth-order valence-electron chi connectivity index (χ4n) is 3.01. The summed E-state index contributed by atoms with van der Waals surface area (Å²) in [4.78, 5) is 16.4. The third-order valence-corrected chi connectivity index (χ3v) is 4.92. The lowest BCUT2D eigenvalue weighted by Gasteiger charge is -2.36. The minimum Gasteiger partial charge on any atom is -0.378 e. The van der Waals surface area contributed by atoms with Gasteiger partial charge in [0.05, 0.1) is 59.0 Å². The van der Waals surface area contributed by atoms with Crippen molar-refractivity contribution in [1.29, 1.82) is 0 Å². The molecule has 1 fully saturated rings. The first-order valence-electron chi connectivity index (χ1n) is 11.6. The van der Waals surface area contributed by atoms with Crippen LogP contribution in [-0.2, 0) is 28.5 Å². The topological polar surface area (TPSA) is 81.7 Å². The zero-order valence-corrected chi connectivity index (χ0v) is 20.1. The summed E-state index contributed by atoms with van der Waals surface area (Å²) in [7, 11) is 0. The number of nitrogens with zero attached hydrogens (tertiary/aromatic N) is 2. The molecular formula is C22H45N3O6. The Morgan fingerprint density at radius 2 is 1.29 bits per heavy atom. The highest BCUT2D eigenvalue weighted by molar-refractivity contribution is 5.77. The normalized spacial score (nSPS) is 15.8. The number of carbonyl (C=O) groups is 1. The number of ether oxygens (including phenoxy) is 5. The van der Waals surface area contributed by atoms with Crippen LogP contribution in [0.3, 0.4) is 0 Å². The molecule has 0 atom stereocenters. The molecule has 1 heterocycles.